The van der Waals surface area contributed by atoms with Gasteiger partial charge in [0, 0.05) is 28.8 Å². The van der Waals surface area contributed by atoms with Crippen molar-refractivity contribution in [1.29, 1.82) is 0 Å². The fourth-order valence-corrected chi connectivity index (χ4v) is 3.54. The molecule has 0 fully saturated rings. The van der Waals surface area contributed by atoms with E-state index in [0.29, 0.717) is 42.5 Å². The number of benzene rings is 1. The van der Waals surface area contributed by atoms with Crippen molar-refractivity contribution >= 4 is 33.8 Å². The predicted molar refractivity (Wildman–Crippen MR) is 107 cm³/mol. The van der Waals surface area contributed by atoms with Gasteiger partial charge < -0.3 is 24.1 Å². The van der Waals surface area contributed by atoms with E-state index in [0.717, 1.165) is 27.5 Å². The third kappa shape index (κ3) is 4.34. The summed E-state index contributed by atoms with van der Waals surface area (Å²) in [5.74, 6) is -1.33. The maximum Gasteiger partial charge on any atom is 0.340 e. The van der Waals surface area contributed by atoms with Gasteiger partial charge in [0.25, 0.3) is 0 Å². The Morgan fingerprint density at radius 2 is 1.79 bits per heavy atom. The summed E-state index contributed by atoms with van der Waals surface area (Å²) in [5.41, 5.74) is 3.47. The fraction of sp³-hybridized carbons (Fsp3) is 0.409. The smallest absolute Gasteiger partial charge is 0.340 e. The van der Waals surface area contributed by atoms with Crippen molar-refractivity contribution in [3.05, 3.63) is 45.0 Å². The second-order valence-corrected chi connectivity index (χ2v) is 7.38. The standard InChI is InChI=1S/C22H25NO6/c1-12-11-28-20-14(3)21-16(9-15(12)20)13(2)17(22(27)29-21)10-18(24)23-8-6-4-5-7-19(25)26/h9,11H,4-8,10H2,1-3H3,(H,23,24)(H,25,26)/p-1. The summed E-state index contributed by atoms with van der Waals surface area (Å²) < 4.78 is 11.1. The Hall–Kier alpha value is -3.09. The molecule has 0 saturated carbocycles. The van der Waals surface area contributed by atoms with Gasteiger partial charge in [-0.3, -0.25) is 4.79 Å². The summed E-state index contributed by atoms with van der Waals surface area (Å²) in [6.45, 7) is 6.05. The summed E-state index contributed by atoms with van der Waals surface area (Å²) >= 11 is 0. The number of rotatable bonds is 8. The van der Waals surface area contributed by atoms with Crippen LogP contribution in [0.5, 0.6) is 0 Å². The third-order valence-corrected chi connectivity index (χ3v) is 5.25. The van der Waals surface area contributed by atoms with Crippen molar-refractivity contribution in [3.8, 4) is 0 Å². The zero-order valence-electron chi connectivity index (χ0n) is 16.8. The summed E-state index contributed by atoms with van der Waals surface area (Å²) in [6.07, 6.45) is 3.50. The molecule has 154 valence electrons. The van der Waals surface area contributed by atoms with E-state index >= 15 is 0 Å². The van der Waals surface area contributed by atoms with Gasteiger partial charge in [0.2, 0.25) is 5.91 Å². The number of carbonyl (C=O) groups excluding carboxylic acids is 2. The minimum atomic E-state index is -1.06. The topological polar surface area (TPSA) is 113 Å². The number of fused-ring (bicyclic) bond motifs is 2. The van der Waals surface area contributed by atoms with Gasteiger partial charge in [-0.2, -0.15) is 0 Å². The van der Waals surface area contributed by atoms with Crippen molar-refractivity contribution in [2.45, 2.75) is 52.9 Å². The number of nitrogens with one attached hydrogen (secondary N) is 1. The number of unbranched alkanes of at least 4 members (excludes halogenated alkanes) is 2. The molecule has 1 aromatic carbocycles. The molecule has 0 aliphatic heterocycles. The third-order valence-electron chi connectivity index (χ3n) is 5.25. The lowest BCUT2D eigenvalue weighted by atomic mass is 9.99. The first-order valence-electron chi connectivity index (χ1n) is 9.69. The fourth-order valence-electron chi connectivity index (χ4n) is 3.54. The van der Waals surface area contributed by atoms with Crippen LogP contribution < -0.4 is 16.0 Å². The monoisotopic (exact) mass is 398 g/mol. The van der Waals surface area contributed by atoms with E-state index in [1.54, 1.807) is 6.26 Å². The molecule has 1 amide bonds. The van der Waals surface area contributed by atoms with Crippen molar-refractivity contribution in [3.63, 3.8) is 0 Å². The van der Waals surface area contributed by atoms with E-state index < -0.39 is 11.6 Å². The van der Waals surface area contributed by atoms with Crippen molar-refractivity contribution in [1.82, 2.24) is 5.32 Å². The molecule has 0 aliphatic carbocycles. The molecule has 3 aromatic rings. The lowest BCUT2D eigenvalue weighted by Gasteiger charge is -2.10. The van der Waals surface area contributed by atoms with Gasteiger partial charge in [0.1, 0.15) is 11.2 Å². The summed E-state index contributed by atoms with van der Waals surface area (Å²) in [4.78, 5) is 35.2. The number of amides is 1. The van der Waals surface area contributed by atoms with Crippen LogP contribution in [0.4, 0.5) is 0 Å². The number of carboxylic acid groups (broad SMARTS) is 1. The molecule has 3 rings (SSSR count). The molecule has 2 heterocycles. The minimum absolute atomic E-state index is 0.0219. The van der Waals surface area contributed by atoms with Gasteiger partial charge in [0.05, 0.1) is 18.2 Å². The van der Waals surface area contributed by atoms with Gasteiger partial charge in [0.15, 0.2) is 0 Å². The Labute approximate surface area is 167 Å². The second-order valence-electron chi connectivity index (χ2n) is 7.38. The van der Waals surface area contributed by atoms with Crippen LogP contribution in [0, 0.1) is 20.8 Å². The Balaban J connectivity index is 1.76. The Morgan fingerprint density at radius 1 is 1.03 bits per heavy atom. The quantitative estimate of drug-likeness (QED) is 0.461. The van der Waals surface area contributed by atoms with Gasteiger partial charge >= 0.3 is 5.63 Å². The van der Waals surface area contributed by atoms with E-state index in [4.69, 9.17) is 8.83 Å². The number of furan rings is 1. The number of carbonyl (C=O) groups is 2. The van der Waals surface area contributed by atoms with Crippen LogP contribution in [0.1, 0.15) is 47.9 Å². The lowest BCUT2D eigenvalue weighted by molar-refractivity contribution is -0.305. The van der Waals surface area contributed by atoms with Crippen LogP contribution in [-0.4, -0.2) is 18.4 Å². The van der Waals surface area contributed by atoms with Crippen LogP contribution in [0.25, 0.3) is 21.9 Å². The lowest BCUT2D eigenvalue weighted by Crippen LogP contribution is -2.28. The van der Waals surface area contributed by atoms with E-state index in [1.807, 2.05) is 26.8 Å². The normalized spacial score (nSPS) is 11.3. The SMILES string of the molecule is Cc1coc2c(C)c3oc(=O)c(CC(=O)NCCCCCC(=O)[O-])c(C)c3cc12. The molecule has 0 aliphatic rings. The van der Waals surface area contributed by atoms with Gasteiger partial charge in [-0.15, -0.1) is 0 Å². The average Bonchev–Trinajstić information content (AvgIpc) is 3.04. The molecule has 0 atom stereocenters. The highest BCUT2D eigenvalue weighted by molar-refractivity contribution is 6.00. The largest absolute Gasteiger partial charge is 0.550 e. The highest BCUT2D eigenvalue weighted by Crippen LogP contribution is 2.32. The van der Waals surface area contributed by atoms with Crippen LogP contribution in [0.3, 0.4) is 0 Å². The maximum absolute atomic E-state index is 12.5. The predicted octanol–water partition coefficient (Wildman–Crippen LogP) is 2.43. The van der Waals surface area contributed by atoms with Crippen LogP contribution in [0.15, 0.2) is 26.0 Å². The summed E-state index contributed by atoms with van der Waals surface area (Å²) in [5, 5.41) is 14.9. The number of aryl methyl sites for hydroxylation is 3. The molecule has 7 nitrogen and oxygen atoms in total. The van der Waals surface area contributed by atoms with Gasteiger partial charge in [-0.05, 0) is 57.2 Å². The summed E-state index contributed by atoms with van der Waals surface area (Å²) in [7, 11) is 0. The minimum Gasteiger partial charge on any atom is -0.550 e. The van der Waals surface area contributed by atoms with E-state index in [-0.39, 0.29) is 18.7 Å². The van der Waals surface area contributed by atoms with E-state index in [2.05, 4.69) is 5.32 Å². The molecule has 0 bridgehead atoms. The van der Waals surface area contributed by atoms with Gasteiger partial charge in [-0.1, -0.05) is 6.42 Å². The average molecular weight is 398 g/mol. The molecular weight excluding hydrogens is 374 g/mol. The van der Waals surface area contributed by atoms with E-state index in [1.165, 1.54) is 0 Å². The van der Waals surface area contributed by atoms with Crippen molar-refractivity contribution in [2.24, 2.45) is 0 Å². The number of aliphatic carboxylic acids is 1. The number of hydrogen-bond acceptors (Lipinski definition) is 6. The first-order chi connectivity index (χ1) is 13.8. The molecule has 0 radical (unpaired) electrons. The highest BCUT2D eigenvalue weighted by atomic mass is 16.4. The molecule has 29 heavy (non-hydrogen) atoms. The Morgan fingerprint density at radius 3 is 2.52 bits per heavy atom. The first-order valence-corrected chi connectivity index (χ1v) is 9.69. The summed E-state index contributed by atoms with van der Waals surface area (Å²) in [6, 6.07) is 1.94. The molecule has 7 heteroatoms. The molecule has 1 N–H and O–H groups in total. The molecule has 0 unspecified atom stereocenters. The first kappa shape index (κ1) is 20.6. The molecule has 0 spiro atoms. The maximum atomic E-state index is 12.5. The second kappa shape index (κ2) is 8.51. The molecular formula is C22H24NO6-. The van der Waals surface area contributed by atoms with Crippen LogP contribution >= 0.6 is 0 Å². The van der Waals surface area contributed by atoms with Crippen molar-refractivity contribution < 1.29 is 23.5 Å². The molecule has 0 saturated heterocycles. The van der Waals surface area contributed by atoms with Crippen LogP contribution in [-0.2, 0) is 16.0 Å². The number of carboxylic acids is 1. The van der Waals surface area contributed by atoms with Crippen LogP contribution in [0.2, 0.25) is 0 Å². The zero-order chi connectivity index (χ0) is 21.1. The highest BCUT2D eigenvalue weighted by Gasteiger charge is 2.19. The van der Waals surface area contributed by atoms with E-state index in [9.17, 15) is 19.5 Å². The Bertz CT molecular complexity index is 1140. The Kier molecular flexibility index (Phi) is 6.06. The molecule has 2 aromatic heterocycles. The number of hydrogen-bond donors (Lipinski definition) is 1. The zero-order valence-corrected chi connectivity index (χ0v) is 16.8. The van der Waals surface area contributed by atoms with Crippen molar-refractivity contribution in [2.75, 3.05) is 6.54 Å². The van der Waals surface area contributed by atoms with Gasteiger partial charge in [-0.25, -0.2) is 4.79 Å².